The fourth-order valence-electron chi connectivity index (χ4n) is 2.85. The van der Waals surface area contributed by atoms with Crippen LogP contribution in [-0.4, -0.2) is 25.0 Å². The summed E-state index contributed by atoms with van der Waals surface area (Å²) >= 11 is 0. The van der Waals surface area contributed by atoms with Gasteiger partial charge in [-0.05, 0) is 48.4 Å². The lowest BCUT2D eigenvalue weighted by Gasteiger charge is -2.38. The normalized spacial score (nSPS) is 26.6. The largest absolute Gasteiger partial charge is 0.508 e. The van der Waals surface area contributed by atoms with E-state index >= 15 is 0 Å². The minimum Gasteiger partial charge on any atom is -0.414 e. The van der Waals surface area contributed by atoms with E-state index in [0.717, 1.165) is 32.1 Å². The topological polar surface area (TPSA) is 46.5 Å². The van der Waals surface area contributed by atoms with Crippen LogP contribution >= 0.6 is 8.03 Å². The molecule has 0 saturated heterocycles. The molecule has 3 nitrogen and oxygen atoms in total. The van der Waals surface area contributed by atoms with E-state index in [4.69, 9.17) is 4.43 Å². The molecular formula is C15H32O3PSi+. The second-order valence-corrected chi connectivity index (χ2v) is 13.8. The van der Waals surface area contributed by atoms with Gasteiger partial charge in [-0.25, -0.2) is 0 Å². The van der Waals surface area contributed by atoms with Crippen LogP contribution in [0.1, 0.15) is 59.8 Å². The lowest BCUT2D eigenvalue weighted by atomic mass is 10.00. The van der Waals surface area contributed by atoms with Gasteiger partial charge in [-0.1, -0.05) is 34.1 Å². The van der Waals surface area contributed by atoms with Gasteiger partial charge in [-0.2, -0.15) is 4.89 Å². The van der Waals surface area contributed by atoms with Gasteiger partial charge in [-0.15, -0.1) is 0 Å². The van der Waals surface area contributed by atoms with Gasteiger partial charge in [0, 0.05) is 12.0 Å². The first-order valence-electron chi connectivity index (χ1n) is 7.91. The molecule has 4 atom stereocenters. The highest BCUT2D eigenvalue weighted by Gasteiger charge is 2.45. The van der Waals surface area contributed by atoms with Crippen molar-refractivity contribution in [1.29, 1.82) is 0 Å². The number of hydrogen-bond acceptors (Lipinski definition) is 2. The molecule has 5 heteroatoms. The Morgan fingerprint density at radius 2 is 1.95 bits per heavy atom. The van der Waals surface area contributed by atoms with E-state index in [0.29, 0.717) is 12.0 Å². The molecule has 1 saturated carbocycles. The van der Waals surface area contributed by atoms with E-state index in [9.17, 15) is 9.46 Å². The Kier molecular flexibility index (Phi) is 6.40. The second-order valence-electron chi connectivity index (χ2n) is 7.73. The van der Waals surface area contributed by atoms with Crippen LogP contribution in [0.4, 0.5) is 0 Å². The first kappa shape index (κ1) is 18.3. The molecule has 1 N–H and O–H groups in total. The zero-order valence-corrected chi connectivity index (χ0v) is 15.9. The van der Waals surface area contributed by atoms with E-state index in [1.165, 1.54) is 0 Å². The van der Waals surface area contributed by atoms with E-state index in [1.54, 1.807) is 0 Å². The minimum atomic E-state index is -2.05. The zero-order valence-electron chi connectivity index (χ0n) is 14.0. The monoisotopic (exact) mass is 319 g/mol. The first-order valence-corrected chi connectivity index (χ1v) is 12.1. The Hall–Kier alpha value is 0.237. The summed E-state index contributed by atoms with van der Waals surface area (Å²) in [6, 6.07) is 0. The van der Waals surface area contributed by atoms with E-state index in [1.807, 2.05) is 0 Å². The Balaban J connectivity index is 2.61. The Morgan fingerprint density at radius 1 is 1.35 bits per heavy atom. The van der Waals surface area contributed by atoms with Crippen LogP contribution in [0.15, 0.2) is 0 Å². The molecule has 0 aliphatic heterocycles. The summed E-state index contributed by atoms with van der Waals surface area (Å²) in [7, 11) is -3.77. The summed E-state index contributed by atoms with van der Waals surface area (Å²) in [5.41, 5.74) is -0.0250. The SMILES string of the molecule is CCCC(C1CCC(O[Si](C)(C)C(C)(C)C)C1)[P+](=O)O. The molecular weight excluding hydrogens is 287 g/mol. The summed E-state index contributed by atoms with van der Waals surface area (Å²) in [5, 5.41) is 0.232. The van der Waals surface area contributed by atoms with Crippen molar-refractivity contribution in [1.82, 2.24) is 0 Å². The number of rotatable bonds is 6. The van der Waals surface area contributed by atoms with Gasteiger partial charge >= 0.3 is 8.03 Å². The molecule has 0 radical (unpaired) electrons. The highest BCUT2D eigenvalue weighted by Crippen LogP contribution is 2.45. The van der Waals surface area contributed by atoms with Crippen LogP contribution in [0.5, 0.6) is 0 Å². The third kappa shape index (κ3) is 4.62. The predicted octanol–water partition coefficient (Wildman–Crippen LogP) is 5.08. The Labute approximate surface area is 126 Å². The molecule has 0 aromatic carbocycles. The maximum Gasteiger partial charge on any atom is 0.508 e. The van der Waals surface area contributed by atoms with Crippen LogP contribution in [-0.2, 0) is 8.99 Å². The lowest BCUT2D eigenvalue weighted by Crippen LogP contribution is -2.43. The molecule has 118 valence electrons. The molecule has 0 bridgehead atoms. The van der Waals surface area contributed by atoms with Gasteiger partial charge in [0.25, 0.3) is 0 Å². The quantitative estimate of drug-likeness (QED) is 0.548. The third-order valence-electron chi connectivity index (χ3n) is 5.10. The molecule has 0 spiro atoms. The highest BCUT2D eigenvalue weighted by atomic mass is 31.1. The molecule has 1 rings (SSSR count). The molecule has 4 unspecified atom stereocenters. The van der Waals surface area contributed by atoms with Crippen molar-refractivity contribution in [2.75, 3.05) is 0 Å². The predicted molar refractivity (Wildman–Crippen MR) is 87.9 cm³/mol. The smallest absolute Gasteiger partial charge is 0.414 e. The maximum absolute atomic E-state index is 11.5. The Morgan fingerprint density at radius 3 is 2.40 bits per heavy atom. The molecule has 0 aromatic heterocycles. The van der Waals surface area contributed by atoms with Crippen LogP contribution < -0.4 is 0 Å². The maximum atomic E-state index is 11.5. The summed E-state index contributed by atoms with van der Waals surface area (Å²) in [5.74, 6) is 0.373. The van der Waals surface area contributed by atoms with Crippen molar-refractivity contribution in [3.63, 3.8) is 0 Å². The van der Waals surface area contributed by atoms with E-state index < -0.39 is 16.3 Å². The average Bonchev–Trinajstić information content (AvgIpc) is 2.71. The zero-order chi connectivity index (χ0) is 15.6. The van der Waals surface area contributed by atoms with Crippen molar-refractivity contribution in [2.45, 2.75) is 89.7 Å². The lowest BCUT2D eigenvalue weighted by molar-refractivity contribution is 0.182. The molecule has 20 heavy (non-hydrogen) atoms. The van der Waals surface area contributed by atoms with Gasteiger partial charge in [-0.3, -0.25) is 0 Å². The molecule has 1 aliphatic carbocycles. The van der Waals surface area contributed by atoms with Crippen molar-refractivity contribution < 1.29 is 13.9 Å². The first-order chi connectivity index (χ1) is 9.08. The molecule has 1 aliphatic rings. The van der Waals surface area contributed by atoms with E-state index in [2.05, 4.69) is 40.8 Å². The number of hydrogen-bond donors (Lipinski definition) is 1. The van der Waals surface area contributed by atoms with Crippen LogP contribution in [0, 0.1) is 5.92 Å². The van der Waals surface area contributed by atoms with E-state index in [-0.39, 0.29) is 10.7 Å². The van der Waals surface area contributed by atoms with Gasteiger partial charge in [0.2, 0.25) is 0 Å². The summed E-state index contributed by atoms with van der Waals surface area (Å²) in [6.45, 7) is 13.4. The molecule has 0 aromatic rings. The van der Waals surface area contributed by atoms with Crippen LogP contribution in [0.25, 0.3) is 0 Å². The molecule has 0 heterocycles. The van der Waals surface area contributed by atoms with Crippen molar-refractivity contribution >= 4 is 16.3 Å². The average molecular weight is 319 g/mol. The standard InChI is InChI=1S/C15H31O3PSi/c1-7-8-14(19(16)17)12-9-10-13(11-12)18-20(5,6)15(2,3)4/h12-14H,7-11H2,1-6H3/p+1. The van der Waals surface area contributed by atoms with Gasteiger partial charge in [0.05, 0.1) is 0 Å². The van der Waals surface area contributed by atoms with Crippen molar-refractivity contribution in [2.24, 2.45) is 5.92 Å². The van der Waals surface area contributed by atoms with Crippen molar-refractivity contribution in [3.8, 4) is 0 Å². The summed E-state index contributed by atoms with van der Waals surface area (Å²) in [6.07, 6.45) is 5.22. The summed E-state index contributed by atoms with van der Waals surface area (Å²) < 4.78 is 18.0. The van der Waals surface area contributed by atoms with Gasteiger partial charge in [0.15, 0.2) is 14.0 Å². The van der Waals surface area contributed by atoms with Crippen LogP contribution in [0.2, 0.25) is 18.1 Å². The van der Waals surface area contributed by atoms with Gasteiger partial charge < -0.3 is 4.43 Å². The molecule has 1 fully saturated rings. The highest BCUT2D eigenvalue weighted by molar-refractivity contribution is 7.38. The molecule has 0 amide bonds. The second kappa shape index (κ2) is 7.00. The van der Waals surface area contributed by atoms with Gasteiger partial charge in [0.1, 0.15) is 0 Å². The summed E-state index contributed by atoms with van der Waals surface area (Å²) in [4.78, 5) is 9.53. The van der Waals surface area contributed by atoms with Crippen molar-refractivity contribution in [3.05, 3.63) is 0 Å². The minimum absolute atomic E-state index is 0.0250. The fraction of sp³-hybridized carbons (Fsp3) is 1.00. The third-order valence-corrected chi connectivity index (χ3v) is 10.9. The van der Waals surface area contributed by atoms with Crippen LogP contribution in [0.3, 0.4) is 0 Å². The fourth-order valence-corrected chi connectivity index (χ4v) is 5.36. The Bertz CT molecular complexity index is 339.